The number of benzene rings is 1. The molecule has 0 amide bonds. The van der Waals surface area contributed by atoms with Crippen molar-refractivity contribution in [3.63, 3.8) is 0 Å². The van der Waals surface area contributed by atoms with E-state index in [0.717, 1.165) is 28.9 Å². The summed E-state index contributed by atoms with van der Waals surface area (Å²) in [5.41, 5.74) is 1.98. The van der Waals surface area contributed by atoms with E-state index in [0.29, 0.717) is 19.3 Å². The van der Waals surface area contributed by atoms with Crippen LogP contribution in [0.3, 0.4) is 0 Å². The van der Waals surface area contributed by atoms with Gasteiger partial charge < -0.3 is 9.21 Å². The molecule has 0 unspecified atom stereocenters. The summed E-state index contributed by atoms with van der Waals surface area (Å²) in [6, 6.07) is 11.6. The predicted octanol–water partition coefficient (Wildman–Crippen LogP) is 3.21. The van der Waals surface area contributed by atoms with Crippen molar-refractivity contribution in [2.75, 3.05) is 0 Å². The second kappa shape index (κ2) is 6.14. The quantitative estimate of drug-likeness (QED) is 0.745. The minimum absolute atomic E-state index is 0.155. The molecular weight excluding hydrogens is 240 g/mol. The van der Waals surface area contributed by atoms with Crippen LogP contribution in [0, 0.1) is 0 Å². The molecule has 0 aliphatic carbocycles. The molecule has 3 heteroatoms. The van der Waals surface area contributed by atoms with Crippen LogP contribution in [0.25, 0.3) is 11.3 Å². The van der Waals surface area contributed by atoms with Crippen molar-refractivity contribution < 1.29 is 14.0 Å². The molecule has 0 spiro atoms. The third kappa shape index (κ3) is 3.65. The van der Waals surface area contributed by atoms with Crippen LogP contribution < -0.4 is 0 Å². The molecule has 0 saturated heterocycles. The Kier molecular flexibility index (Phi) is 4.29. The fourth-order valence-corrected chi connectivity index (χ4v) is 1.94. The summed E-state index contributed by atoms with van der Waals surface area (Å²) in [5.74, 6) is 1.76. The number of rotatable bonds is 6. The molecule has 2 rings (SSSR count). The van der Waals surface area contributed by atoms with Gasteiger partial charge in [-0.25, -0.2) is 0 Å². The monoisotopic (exact) mass is 256 g/mol. The van der Waals surface area contributed by atoms with Gasteiger partial charge in [-0.15, -0.1) is 0 Å². The van der Waals surface area contributed by atoms with Crippen molar-refractivity contribution in [2.45, 2.75) is 26.2 Å². The number of carbonyl (C=O) groups excluding carboxylic acids is 2. The Morgan fingerprint density at radius 2 is 1.89 bits per heavy atom. The van der Waals surface area contributed by atoms with Crippen LogP contribution in [0.4, 0.5) is 0 Å². The summed E-state index contributed by atoms with van der Waals surface area (Å²) >= 11 is 0. The SMILES string of the molecule is CC(=O)Cc1ccc(-c2ccc(CCC=O)o2)cc1. The smallest absolute Gasteiger partial charge is 0.134 e. The minimum Gasteiger partial charge on any atom is -0.461 e. The standard InChI is InChI=1S/C16H16O3/c1-12(18)11-13-4-6-14(7-5-13)16-9-8-15(19-16)3-2-10-17/h4-10H,2-3,11H2,1H3. The number of aryl methyl sites for hydroxylation is 1. The fraction of sp³-hybridized carbons (Fsp3) is 0.250. The summed E-state index contributed by atoms with van der Waals surface area (Å²) in [6.45, 7) is 1.58. The summed E-state index contributed by atoms with van der Waals surface area (Å²) in [6.07, 6.45) is 2.46. The van der Waals surface area contributed by atoms with Gasteiger partial charge in [-0.1, -0.05) is 24.3 Å². The second-order valence-corrected chi connectivity index (χ2v) is 4.55. The topological polar surface area (TPSA) is 47.3 Å². The van der Waals surface area contributed by atoms with Crippen LogP contribution in [0.2, 0.25) is 0 Å². The van der Waals surface area contributed by atoms with Gasteiger partial charge in [0.1, 0.15) is 23.6 Å². The lowest BCUT2D eigenvalue weighted by molar-refractivity contribution is -0.116. The van der Waals surface area contributed by atoms with Crippen molar-refractivity contribution in [3.8, 4) is 11.3 Å². The molecule has 0 aliphatic heterocycles. The molecular formula is C16H16O3. The van der Waals surface area contributed by atoms with Crippen LogP contribution in [-0.4, -0.2) is 12.1 Å². The van der Waals surface area contributed by atoms with Gasteiger partial charge in [0.2, 0.25) is 0 Å². The minimum atomic E-state index is 0.155. The number of ketones is 1. The van der Waals surface area contributed by atoms with Crippen molar-refractivity contribution in [1.29, 1.82) is 0 Å². The third-order valence-corrected chi connectivity index (χ3v) is 2.86. The molecule has 0 fully saturated rings. The molecule has 0 bridgehead atoms. The largest absolute Gasteiger partial charge is 0.461 e. The Hall–Kier alpha value is -2.16. The van der Waals surface area contributed by atoms with E-state index in [-0.39, 0.29) is 5.78 Å². The number of hydrogen-bond acceptors (Lipinski definition) is 3. The van der Waals surface area contributed by atoms with Crippen LogP contribution in [-0.2, 0) is 22.4 Å². The fourth-order valence-electron chi connectivity index (χ4n) is 1.94. The highest BCUT2D eigenvalue weighted by atomic mass is 16.3. The van der Waals surface area contributed by atoms with E-state index in [9.17, 15) is 9.59 Å². The average Bonchev–Trinajstić information content (AvgIpc) is 2.85. The Morgan fingerprint density at radius 3 is 2.53 bits per heavy atom. The molecule has 1 aromatic heterocycles. The Labute approximate surface area is 112 Å². The summed E-state index contributed by atoms with van der Waals surface area (Å²) < 4.78 is 5.67. The zero-order chi connectivity index (χ0) is 13.7. The number of aldehydes is 1. The first-order valence-electron chi connectivity index (χ1n) is 6.30. The third-order valence-electron chi connectivity index (χ3n) is 2.86. The summed E-state index contributed by atoms with van der Waals surface area (Å²) in [4.78, 5) is 21.3. The van der Waals surface area contributed by atoms with Gasteiger partial charge in [0.05, 0.1) is 0 Å². The molecule has 2 aromatic rings. The maximum atomic E-state index is 11.0. The number of Topliss-reactive ketones (excluding diaryl/α,β-unsaturated/α-hetero) is 1. The number of furan rings is 1. The van der Waals surface area contributed by atoms with Crippen molar-refractivity contribution in [3.05, 3.63) is 47.7 Å². The van der Waals surface area contributed by atoms with Gasteiger partial charge in [-0.05, 0) is 24.6 Å². The molecule has 1 aromatic carbocycles. The highest BCUT2D eigenvalue weighted by molar-refractivity contribution is 5.78. The van der Waals surface area contributed by atoms with E-state index in [1.165, 1.54) is 0 Å². The summed E-state index contributed by atoms with van der Waals surface area (Å²) in [7, 11) is 0. The molecule has 0 N–H and O–H groups in total. The Bertz CT molecular complexity index is 564. The Balaban J connectivity index is 2.10. The highest BCUT2D eigenvalue weighted by Crippen LogP contribution is 2.23. The molecule has 3 nitrogen and oxygen atoms in total. The van der Waals surface area contributed by atoms with Crippen molar-refractivity contribution in [1.82, 2.24) is 0 Å². The van der Waals surface area contributed by atoms with Gasteiger partial charge in [0.15, 0.2) is 0 Å². The van der Waals surface area contributed by atoms with E-state index in [1.807, 2.05) is 36.4 Å². The predicted molar refractivity (Wildman–Crippen MR) is 72.9 cm³/mol. The van der Waals surface area contributed by atoms with Crippen LogP contribution in [0.15, 0.2) is 40.8 Å². The molecule has 98 valence electrons. The van der Waals surface area contributed by atoms with E-state index in [2.05, 4.69) is 0 Å². The lowest BCUT2D eigenvalue weighted by atomic mass is 10.1. The lowest BCUT2D eigenvalue weighted by Crippen LogP contribution is -1.95. The van der Waals surface area contributed by atoms with Crippen LogP contribution >= 0.6 is 0 Å². The summed E-state index contributed by atoms with van der Waals surface area (Å²) in [5, 5.41) is 0. The zero-order valence-corrected chi connectivity index (χ0v) is 10.9. The first kappa shape index (κ1) is 13.3. The van der Waals surface area contributed by atoms with Crippen LogP contribution in [0.5, 0.6) is 0 Å². The average molecular weight is 256 g/mol. The van der Waals surface area contributed by atoms with Gasteiger partial charge in [-0.2, -0.15) is 0 Å². The molecule has 19 heavy (non-hydrogen) atoms. The first-order chi connectivity index (χ1) is 9.19. The maximum Gasteiger partial charge on any atom is 0.134 e. The van der Waals surface area contributed by atoms with Crippen molar-refractivity contribution >= 4 is 12.1 Å². The van der Waals surface area contributed by atoms with E-state index < -0.39 is 0 Å². The Morgan fingerprint density at radius 1 is 1.16 bits per heavy atom. The molecule has 0 aliphatic rings. The van der Waals surface area contributed by atoms with E-state index in [4.69, 9.17) is 4.42 Å². The zero-order valence-electron chi connectivity index (χ0n) is 10.9. The first-order valence-corrected chi connectivity index (χ1v) is 6.30. The molecule has 0 atom stereocenters. The molecule has 0 radical (unpaired) electrons. The van der Waals surface area contributed by atoms with Crippen molar-refractivity contribution in [2.24, 2.45) is 0 Å². The normalized spacial score (nSPS) is 10.4. The highest BCUT2D eigenvalue weighted by Gasteiger charge is 2.05. The lowest BCUT2D eigenvalue weighted by Gasteiger charge is -2.00. The van der Waals surface area contributed by atoms with E-state index in [1.54, 1.807) is 6.92 Å². The van der Waals surface area contributed by atoms with Gasteiger partial charge >= 0.3 is 0 Å². The van der Waals surface area contributed by atoms with Gasteiger partial charge in [0.25, 0.3) is 0 Å². The number of carbonyl (C=O) groups is 2. The molecule has 1 heterocycles. The number of hydrogen-bond donors (Lipinski definition) is 0. The van der Waals surface area contributed by atoms with Gasteiger partial charge in [-0.3, -0.25) is 4.79 Å². The van der Waals surface area contributed by atoms with Crippen LogP contribution in [0.1, 0.15) is 24.7 Å². The second-order valence-electron chi connectivity index (χ2n) is 4.55. The van der Waals surface area contributed by atoms with Gasteiger partial charge in [0, 0.05) is 24.8 Å². The van der Waals surface area contributed by atoms with E-state index >= 15 is 0 Å². The molecule has 0 saturated carbocycles. The maximum absolute atomic E-state index is 11.0.